The van der Waals surface area contributed by atoms with Crippen LogP contribution in [-0.2, 0) is 24.2 Å². The summed E-state index contributed by atoms with van der Waals surface area (Å²) in [5, 5.41) is 8.69. The van der Waals surface area contributed by atoms with Crippen molar-refractivity contribution in [3.05, 3.63) is 76.6 Å². The van der Waals surface area contributed by atoms with Crippen LogP contribution < -0.4 is 0 Å². The molecule has 1 amide bonds. The van der Waals surface area contributed by atoms with Crippen LogP contribution in [0.4, 0.5) is 0 Å². The van der Waals surface area contributed by atoms with Gasteiger partial charge in [0, 0.05) is 26.2 Å². The van der Waals surface area contributed by atoms with Gasteiger partial charge >= 0.3 is 0 Å². The molecule has 5 rings (SSSR count). The summed E-state index contributed by atoms with van der Waals surface area (Å²) in [6, 6.07) is 17.0. The number of ether oxygens (including phenoxy) is 1. The molecule has 1 fully saturated rings. The molecule has 2 aliphatic heterocycles. The highest BCUT2D eigenvalue weighted by atomic mass is 16.5. The molecular weight excluding hydrogens is 402 g/mol. The van der Waals surface area contributed by atoms with Crippen molar-refractivity contribution in [1.82, 2.24) is 24.8 Å². The first-order valence-corrected chi connectivity index (χ1v) is 11.3. The van der Waals surface area contributed by atoms with Crippen molar-refractivity contribution in [2.75, 3.05) is 26.3 Å². The lowest BCUT2D eigenvalue weighted by molar-refractivity contribution is 0.00322. The first-order chi connectivity index (χ1) is 15.6. The number of carbonyl (C=O) groups is 1. The molecule has 7 nitrogen and oxygen atoms in total. The smallest absolute Gasteiger partial charge is 0.276 e. The van der Waals surface area contributed by atoms with Gasteiger partial charge in [-0.2, -0.15) is 0 Å². The quantitative estimate of drug-likeness (QED) is 0.636. The van der Waals surface area contributed by atoms with Gasteiger partial charge in [0.2, 0.25) is 0 Å². The molecule has 0 N–H and O–H groups in total. The molecule has 1 atom stereocenters. The van der Waals surface area contributed by atoms with Crippen LogP contribution in [0.15, 0.2) is 48.5 Å². The Morgan fingerprint density at radius 3 is 2.78 bits per heavy atom. The van der Waals surface area contributed by atoms with Gasteiger partial charge in [0.25, 0.3) is 5.91 Å². The average molecular weight is 432 g/mol. The van der Waals surface area contributed by atoms with Crippen molar-refractivity contribution in [3.63, 3.8) is 0 Å². The molecule has 32 heavy (non-hydrogen) atoms. The summed E-state index contributed by atoms with van der Waals surface area (Å²) in [6.45, 7) is 8.49. The third-order valence-electron chi connectivity index (χ3n) is 6.52. The Morgan fingerprint density at radius 1 is 1.12 bits per heavy atom. The van der Waals surface area contributed by atoms with E-state index in [1.54, 1.807) is 0 Å². The lowest BCUT2D eigenvalue weighted by Gasteiger charge is -2.32. The van der Waals surface area contributed by atoms with Crippen molar-refractivity contribution in [2.24, 2.45) is 0 Å². The van der Waals surface area contributed by atoms with Crippen LogP contribution in [0.25, 0.3) is 5.69 Å². The van der Waals surface area contributed by atoms with Crippen molar-refractivity contribution < 1.29 is 9.53 Å². The molecule has 0 unspecified atom stereocenters. The Balaban J connectivity index is 1.39. The fourth-order valence-electron chi connectivity index (χ4n) is 4.74. The number of morpholine rings is 1. The fraction of sp³-hybridized carbons (Fsp3) is 0.400. The number of benzene rings is 2. The van der Waals surface area contributed by atoms with Crippen molar-refractivity contribution in [1.29, 1.82) is 0 Å². The Bertz CT molecular complexity index is 1110. The van der Waals surface area contributed by atoms with Crippen molar-refractivity contribution in [3.8, 4) is 5.69 Å². The Labute approximate surface area is 188 Å². The normalized spacial score (nSPS) is 19.1. The van der Waals surface area contributed by atoms with Crippen molar-refractivity contribution in [2.45, 2.75) is 39.4 Å². The van der Waals surface area contributed by atoms with Gasteiger partial charge in [-0.05, 0) is 43.0 Å². The van der Waals surface area contributed by atoms with E-state index in [4.69, 9.17) is 4.74 Å². The van der Waals surface area contributed by atoms with Gasteiger partial charge in [0.05, 0.1) is 30.6 Å². The number of carbonyl (C=O) groups excluding carboxylic acids is 1. The van der Waals surface area contributed by atoms with E-state index < -0.39 is 0 Å². The molecule has 7 heteroatoms. The Morgan fingerprint density at radius 2 is 1.97 bits per heavy atom. The van der Waals surface area contributed by atoms with E-state index in [0.717, 1.165) is 37.4 Å². The second kappa shape index (κ2) is 8.84. The van der Waals surface area contributed by atoms with E-state index in [2.05, 4.69) is 63.7 Å². The van der Waals surface area contributed by atoms with Crippen molar-refractivity contribution >= 4 is 5.91 Å². The highest BCUT2D eigenvalue weighted by Crippen LogP contribution is 2.27. The highest BCUT2D eigenvalue weighted by Gasteiger charge is 2.29. The molecule has 2 aliphatic rings. The molecule has 0 radical (unpaired) electrons. The molecule has 0 bridgehead atoms. The highest BCUT2D eigenvalue weighted by molar-refractivity contribution is 5.93. The maximum Gasteiger partial charge on any atom is 0.276 e. The van der Waals surface area contributed by atoms with E-state index in [-0.39, 0.29) is 11.9 Å². The Kier molecular flexibility index (Phi) is 5.76. The number of hydrogen-bond acceptors (Lipinski definition) is 5. The second-order valence-electron chi connectivity index (χ2n) is 8.72. The van der Waals surface area contributed by atoms with Crippen LogP contribution in [0.2, 0.25) is 0 Å². The largest absolute Gasteiger partial charge is 0.377 e. The number of fused-ring (bicyclic) bond motifs is 1. The molecule has 3 heterocycles. The zero-order valence-electron chi connectivity index (χ0n) is 18.7. The maximum absolute atomic E-state index is 13.1. The van der Waals surface area contributed by atoms with Crippen LogP contribution in [0.3, 0.4) is 0 Å². The minimum atomic E-state index is -0.0663. The molecule has 3 aromatic rings. The lowest BCUT2D eigenvalue weighted by atomic mass is 9.97. The summed E-state index contributed by atoms with van der Waals surface area (Å²) in [7, 11) is 0. The molecule has 0 saturated carbocycles. The first-order valence-electron chi connectivity index (χ1n) is 11.3. The SMILES string of the molecule is Cc1c(C(=O)N2CCOC[C@@H]2C)nnn1-c1cccc2c1CCN(Cc1ccccc1)C2. The zero-order chi connectivity index (χ0) is 22.1. The van der Waals surface area contributed by atoms with Gasteiger partial charge < -0.3 is 9.64 Å². The molecule has 166 valence electrons. The zero-order valence-corrected chi connectivity index (χ0v) is 18.7. The van der Waals surface area contributed by atoms with Crippen LogP contribution in [0.1, 0.15) is 39.8 Å². The van der Waals surface area contributed by atoms with Gasteiger partial charge in [-0.1, -0.05) is 47.7 Å². The average Bonchev–Trinajstić information content (AvgIpc) is 3.20. The number of nitrogens with zero attached hydrogens (tertiary/aromatic N) is 5. The lowest BCUT2D eigenvalue weighted by Crippen LogP contribution is -2.47. The van der Waals surface area contributed by atoms with E-state index in [1.807, 2.05) is 23.4 Å². The maximum atomic E-state index is 13.1. The third kappa shape index (κ3) is 3.94. The molecule has 1 aromatic heterocycles. The number of hydrogen-bond donors (Lipinski definition) is 0. The minimum absolute atomic E-state index is 0.0425. The summed E-state index contributed by atoms with van der Waals surface area (Å²) < 4.78 is 7.31. The first kappa shape index (κ1) is 20.8. The standard InChI is InChI=1S/C25H29N5O2/c1-18-17-32-14-13-29(18)25(31)24-19(2)30(27-26-24)23-10-6-9-21-16-28(12-11-22(21)23)15-20-7-4-3-5-8-20/h3-10,18H,11-17H2,1-2H3/t18-/m0/s1. The number of amides is 1. The summed E-state index contributed by atoms with van der Waals surface area (Å²) in [6.07, 6.45) is 0.946. The van der Waals surface area contributed by atoms with E-state index >= 15 is 0 Å². The minimum Gasteiger partial charge on any atom is -0.377 e. The molecule has 0 spiro atoms. The monoisotopic (exact) mass is 431 g/mol. The molecule has 0 aliphatic carbocycles. The van der Waals surface area contributed by atoms with Crippen LogP contribution in [-0.4, -0.2) is 63.0 Å². The fourth-order valence-corrected chi connectivity index (χ4v) is 4.74. The predicted molar refractivity (Wildman–Crippen MR) is 122 cm³/mol. The summed E-state index contributed by atoms with van der Waals surface area (Å²) in [4.78, 5) is 17.4. The summed E-state index contributed by atoms with van der Waals surface area (Å²) in [5.41, 5.74) is 6.19. The topological polar surface area (TPSA) is 63.5 Å². The van der Waals surface area contributed by atoms with Crippen LogP contribution >= 0.6 is 0 Å². The van der Waals surface area contributed by atoms with Crippen LogP contribution in [0.5, 0.6) is 0 Å². The van der Waals surface area contributed by atoms with Crippen LogP contribution in [0, 0.1) is 6.92 Å². The van der Waals surface area contributed by atoms with E-state index in [9.17, 15) is 4.79 Å². The summed E-state index contributed by atoms with van der Waals surface area (Å²) >= 11 is 0. The number of aromatic nitrogens is 3. The molecular formula is C25H29N5O2. The Hall–Kier alpha value is -3.03. The van der Waals surface area contributed by atoms with E-state index in [1.165, 1.54) is 16.7 Å². The molecule has 2 aromatic carbocycles. The third-order valence-corrected chi connectivity index (χ3v) is 6.52. The second-order valence-corrected chi connectivity index (χ2v) is 8.72. The van der Waals surface area contributed by atoms with Gasteiger partial charge in [-0.15, -0.1) is 5.10 Å². The molecule has 1 saturated heterocycles. The van der Waals surface area contributed by atoms with Gasteiger partial charge in [0.15, 0.2) is 5.69 Å². The van der Waals surface area contributed by atoms with Gasteiger partial charge in [-0.3, -0.25) is 9.69 Å². The van der Waals surface area contributed by atoms with E-state index in [0.29, 0.717) is 25.5 Å². The van der Waals surface area contributed by atoms with Gasteiger partial charge in [0.1, 0.15) is 0 Å². The van der Waals surface area contributed by atoms with Gasteiger partial charge in [-0.25, -0.2) is 4.68 Å². The summed E-state index contributed by atoms with van der Waals surface area (Å²) in [5.74, 6) is -0.0663. The predicted octanol–water partition coefficient (Wildman–Crippen LogP) is 2.99. The number of rotatable bonds is 4.